The summed E-state index contributed by atoms with van der Waals surface area (Å²) in [5, 5.41) is 9.45. The van der Waals surface area contributed by atoms with Crippen molar-refractivity contribution in [2.45, 2.75) is 225 Å². The fourth-order valence-corrected chi connectivity index (χ4v) is 5.85. The molecule has 0 aromatic rings. The molecule has 0 aromatic carbocycles. The van der Waals surface area contributed by atoms with Crippen LogP contribution in [-0.4, -0.2) is 23.1 Å². The van der Waals surface area contributed by atoms with E-state index in [1.165, 1.54) is 154 Å². The number of carbonyl (C=O) groups is 2. The first-order valence-electron chi connectivity index (χ1n) is 19.2. The largest absolute Gasteiger partial charge is 0.479 e. The summed E-state index contributed by atoms with van der Waals surface area (Å²) in [7, 11) is 0. The molecule has 0 aromatic heterocycles. The van der Waals surface area contributed by atoms with Crippen LogP contribution >= 0.6 is 0 Å². The third kappa shape index (κ3) is 33.4. The molecule has 0 aliphatic carbocycles. The van der Waals surface area contributed by atoms with Crippen LogP contribution in [0.2, 0.25) is 0 Å². The van der Waals surface area contributed by atoms with Crippen molar-refractivity contribution < 1.29 is 19.4 Å². The van der Waals surface area contributed by atoms with Crippen molar-refractivity contribution in [2.75, 3.05) is 0 Å². The van der Waals surface area contributed by atoms with Crippen LogP contribution in [0.4, 0.5) is 0 Å². The summed E-state index contributed by atoms with van der Waals surface area (Å²) in [4.78, 5) is 23.7. The maximum absolute atomic E-state index is 12.2. The van der Waals surface area contributed by atoms with Gasteiger partial charge in [0, 0.05) is 6.42 Å². The number of carbonyl (C=O) groups excluding carboxylic acids is 1. The molecular formula is C39H74O4. The van der Waals surface area contributed by atoms with Gasteiger partial charge in [-0.25, -0.2) is 4.79 Å². The van der Waals surface area contributed by atoms with E-state index in [0.717, 1.165) is 38.5 Å². The molecule has 0 saturated heterocycles. The predicted octanol–water partition coefficient (Wildman–Crippen LogP) is 13.1. The Kier molecular flexibility index (Phi) is 34.1. The van der Waals surface area contributed by atoms with E-state index in [1.54, 1.807) is 0 Å². The van der Waals surface area contributed by atoms with Gasteiger partial charge >= 0.3 is 11.9 Å². The number of carboxylic acids is 1. The minimum atomic E-state index is -1.00. The minimum Gasteiger partial charge on any atom is -0.479 e. The molecule has 4 heteroatoms. The smallest absolute Gasteiger partial charge is 0.345 e. The maximum atomic E-state index is 12.2. The van der Waals surface area contributed by atoms with E-state index in [0.29, 0.717) is 12.8 Å². The van der Waals surface area contributed by atoms with Crippen molar-refractivity contribution in [3.05, 3.63) is 12.2 Å². The Labute approximate surface area is 268 Å². The van der Waals surface area contributed by atoms with E-state index in [1.807, 2.05) is 0 Å². The van der Waals surface area contributed by atoms with E-state index in [-0.39, 0.29) is 5.97 Å². The lowest BCUT2D eigenvalue weighted by atomic mass is 10.0. The topological polar surface area (TPSA) is 63.6 Å². The van der Waals surface area contributed by atoms with Crippen LogP contribution in [0.3, 0.4) is 0 Å². The Morgan fingerprint density at radius 2 is 0.814 bits per heavy atom. The van der Waals surface area contributed by atoms with Gasteiger partial charge in [0.2, 0.25) is 0 Å². The number of esters is 1. The molecule has 0 radical (unpaired) electrons. The molecule has 1 unspecified atom stereocenters. The van der Waals surface area contributed by atoms with Gasteiger partial charge in [-0.1, -0.05) is 180 Å². The second-order valence-electron chi connectivity index (χ2n) is 13.1. The molecule has 1 N–H and O–H groups in total. The van der Waals surface area contributed by atoms with Crippen LogP contribution in [0.25, 0.3) is 0 Å². The number of carboxylic acid groups (broad SMARTS) is 1. The number of hydrogen-bond acceptors (Lipinski definition) is 3. The molecule has 0 spiro atoms. The first-order valence-corrected chi connectivity index (χ1v) is 19.2. The van der Waals surface area contributed by atoms with Gasteiger partial charge in [0.1, 0.15) is 0 Å². The lowest BCUT2D eigenvalue weighted by Crippen LogP contribution is -2.27. The van der Waals surface area contributed by atoms with Crippen LogP contribution in [-0.2, 0) is 14.3 Å². The number of hydrogen-bond donors (Lipinski definition) is 1. The van der Waals surface area contributed by atoms with Crippen LogP contribution in [0.1, 0.15) is 219 Å². The highest BCUT2D eigenvalue weighted by Gasteiger charge is 2.21. The Bertz CT molecular complexity index is 614. The fraction of sp³-hybridized carbons (Fsp3) is 0.897. The first-order chi connectivity index (χ1) is 21.1. The van der Waals surface area contributed by atoms with Crippen molar-refractivity contribution in [3.8, 4) is 0 Å². The Morgan fingerprint density at radius 1 is 0.488 bits per heavy atom. The van der Waals surface area contributed by atoms with E-state index < -0.39 is 12.1 Å². The van der Waals surface area contributed by atoms with Crippen molar-refractivity contribution in [1.29, 1.82) is 0 Å². The first kappa shape index (κ1) is 41.7. The number of ether oxygens (including phenoxy) is 1. The SMILES string of the molecule is CCCCCCCC/C=C\CCCCCCCCCCCCCC(=O)OC(CCCCCCCCCCCCC)C(=O)O. The molecule has 0 fully saturated rings. The van der Waals surface area contributed by atoms with Crippen LogP contribution in [0.15, 0.2) is 12.2 Å². The Balaban J connectivity index is 3.48. The zero-order valence-corrected chi connectivity index (χ0v) is 29.0. The predicted molar refractivity (Wildman–Crippen MR) is 186 cm³/mol. The molecule has 1 atom stereocenters. The summed E-state index contributed by atoms with van der Waals surface area (Å²) in [5.41, 5.74) is 0. The Hall–Kier alpha value is -1.32. The van der Waals surface area contributed by atoms with E-state index >= 15 is 0 Å². The highest BCUT2D eigenvalue weighted by Crippen LogP contribution is 2.16. The van der Waals surface area contributed by atoms with Gasteiger partial charge in [0.15, 0.2) is 6.10 Å². The second kappa shape index (κ2) is 35.2. The van der Waals surface area contributed by atoms with Crippen LogP contribution in [0.5, 0.6) is 0 Å². The number of aliphatic carboxylic acids is 1. The molecule has 43 heavy (non-hydrogen) atoms. The minimum absolute atomic E-state index is 0.344. The highest BCUT2D eigenvalue weighted by atomic mass is 16.6. The summed E-state index contributed by atoms with van der Waals surface area (Å²) in [6.45, 7) is 4.52. The summed E-state index contributed by atoms with van der Waals surface area (Å²) >= 11 is 0. The standard InChI is InChI=1S/C39H74O4/c1-3-5-7-9-11-13-15-16-17-18-19-20-21-22-23-24-26-28-30-32-34-36-38(40)43-37(39(41)42)35-33-31-29-27-25-14-12-10-8-6-4-2/h16-17,37H,3-15,18-36H2,1-2H3,(H,41,42)/b17-16-. The van der Waals surface area contributed by atoms with Crippen molar-refractivity contribution in [3.63, 3.8) is 0 Å². The normalized spacial score (nSPS) is 12.2. The molecule has 0 bridgehead atoms. The van der Waals surface area contributed by atoms with E-state index in [4.69, 9.17) is 4.74 Å². The van der Waals surface area contributed by atoms with Crippen LogP contribution in [0, 0.1) is 0 Å². The lowest BCUT2D eigenvalue weighted by molar-refractivity contribution is -0.164. The third-order valence-corrected chi connectivity index (χ3v) is 8.76. The van der Waals surface area contributed by atoms with Gasteiger partial charge in [0.05, 0.1) is 0 Å². The van der Waals surface area contributed by atoms with Crippen molar-refractivity contribution >= 4 is 11.9 Å². The number of unbranched alkanes of at least 4 members (excludes halogenated alkanes) is 27. The molecule has 0 aliphatic heterocycles. The summed E-state index contributed by atoms with van der Waals surface area (Å²) in [6.07, 6.45) is 42.5. The van der Waals surface area contributed by atoms with Crippen LogP contribution < -0.4 is 0 Å². The highest BCUT2D eigenvalue weighted by molar-refractivity contribution is 5.77. The number of allylic oxidation sites excluding steroid dienone is 2. The monoisotopic (exact) mass is 607 g/mol. The van der Waals surface area contributed by atoms with Gasteiger partial charge in [-0.2, -0.15) is 0 Å². The number of rotatable bonds is 35. The summed E-state index contributed by atoms with van der Waals surface area (Å²) in [6, 6.07) is 0. The molecule has 4 nitrogen and oxygen atoms in total. The molecule has 0 aliphatic rings. The summed E-state index contributed by atoms with van der Waals surface area (Å²) in [5.74, 6) is -1.35. The van der Waals surface area contributed by atoms with E-state index in [2.05, 4.69) is 26.0 Å². The van der Waals surface area contributed by atoms with Gasteiger partial charge in [-0.3, -0.25) is 4.79 Å². The van der Waals surface area contributed by atoms with Crippen molar-refractivity contribution in [2.24, 2.45) is 0 Å². The maximum Gasteiger partial charge on any atom is 0.345 e. The third-order valence-electron chi connectivity index (χ3n) is 8.76. The average Bonchev–Trinajstić information content (AvgIpc) is 3.00. The molecule has 0 amide bonds. The zero-order valence-electron chi connectivity index (χ0n) is 29.0. The molecular weight excluding hydrogens is 532 g/mol. The van der Waals surface area contributed by atoms with Gasteiger partial charge in [-0.15, -0.1) is 0 Å². The Morgan fingerprint density at radius 3 is 1.19 bits per heavy atom. The van der Waals surface area contributed by atoms with Gasteiger partial charge in [-0.05, 0) is 44.9 Å². The lowest BCUT2D eigenvalue weighted by Gasteiger charge is -2.13. The molecule has 0 rings (SSSR count). The summed E-state index contributed by atoms with van der Waals surface area (Å²) < 4.78 is 5.31. The van der Waals surface area contributed by atoms with Crippen molar-refractivity contribution in [1.82, 2.24) is 0 Å². The molecule has 0 heterocycles. The second-order valence-corrected chi connectivity index (χ2v) is 13.1. The molecule has 254 valence electrons. The average molecular weight is 607 g/mol. The quantitative estimate of drug-likeness (QED) is 0.0443. The van der Waals surface area contributed by atoms with Gasteiger partial charge in [0.25, 0.3) is 0 Å². The fourth-order valence-electron chi connectivity index (χ4n) is 5.85. The van der Waals surface area contributed by atoms with Gasteiger partial charge < -0.3 is 9.84 Å². The molecule has 0 saturated carbocycles. The van der Waals surface area contributed by atoms with E-state index in [9.17, 15) is 14.7 Å². The zero-order chi connectivity index (χ0) is 31.5.